The SMILES string of the molecule is CNC(C)(CCO)c1ccc(OC)cc1. The van der Waals surface area contributed by atoms with Crippen molar-refractivity contribution in [2.75, 3.05) is 20.8 Å². The van der Waals surface area contributed by atoms with Crippen LogP contribution in [-0.2, 0) is 5.54 Å². The van der Waals surface area contributed by atoms with Crippen LogP contribution < -0.4 is 10.1 Å². The van der Waals surface area contributed by atoms with Crippen molar-refractivity contribution in [3.63, 3.8) is 0 Å². The van der Waals surface area contributed by atoms with Gasteiger partial charge in [0.05, 0.1) is 7.11 Å². The number of aliphatic hydroxyl groups excluding tert-OH is 1. The number of ether oxygens (including phenoxy) is 1. The molecular weight excluding hydrogens is 190 g/mol. The van der Waals surface area contributed by atoms with Crippen LogP contribution in [0.5, 0.6) is 5.75 Å². The molecular formula is C12H19NO2. The molecule has 0 radical (unpaired) electrons. The van der Waals surface area contributed by atoms with Gasteiger partial charge in [0, 0.05) is 12.1 Å². The van der Waals surface area contributed by atoms with E-state index in [-0.39, 0.29) is 12.1 Å². The third-order valence-corrected chi connectivity index (χ3v) is 2.89. The van der Waals surface area contributed by atoms with Crippen molar-refractivity contribution in [1.29, 1.82) is 0 Å². The fourth-order valence-corrected chi connectivity index (χ4v) is 1.60. The van der Waals surface area contributed by atoms with Gasteiger partial charge in [-0.25, -0.2) is 0 Å². The van der Waals surface area contributed by atoms with Gasteiger partial charge in [-0.15, -0.1) is 0 Å². The predicted octanol–water partition coefficient (Wildman–Crippen LogP) is 1.51. The minimum absolute atomic E-state index is 0.170. The number of nitrogens with one attached hydrogen (secondary N) is 1. The summed E-state index contributed by atoms with van der Waals surface area (Å²) in [5, 5.41) is 12.3. The summed E-state index contributed by atoms with van der Waals surface area (Å²) < 4.78 is 5.11. The molecule has 0 spiro atoms. The monoisotopic (exact) mass is 209 g/mol. The van der Waals surface area contributed by atoms with Gasteiger partial charge in [-0.3, -0.25) is 0 Å². The largest absolute Gasteiger partial charge is 0.497 e. The molecule has 1 aromatic rings. The number of benzene rings is 1. The molecule has 0 fully saturated rings. The molecule has 1 rings (SSSR count). The molecule has 0 aliphatic heterocycles. The third kappa shape index (κ3) is 2.70. The fourth-order valence-electron chi connectivity index (χ4n) is 1.60. The normalized spacial score (nSPS) is 14.7. The average Bonchev–Trinajstić information content (AvgIpc) is 2.29. The Morgan fingerprint density at radius 1 is 1.33 bits per heavy atom. The summed E-state index contributed by atoms with van der Waals surface area (Å²) in [6, 6.07) is 7.90. The Morgan fingerprint density at radius 2 is 1.93 bits per heavy atom. The van der Waals surface area contributed by atoms with Crippen LogP contribution in [0.4, 0.5) is 0 Å². The molecule has 84 valence electrons. The molecule has 0 aliphatic rings. The molecule has 1 aromatic carbocycles. The molecule has 0 bridgehead atoms. The summed E-state index contributed by atoms with van der Waals surface area (Å²) in [4.78, 5) is 0. The van der Waals surface area contributed by atoms with Crippen molar-refractivity contribution in [3.8, 4) is 5.75 Å². The van der Waals surface area contributed by atoms with Crippen LogP contribution in [0.3, 0.4) is 0 Å². The maximum absolute atomic E-state index is 9.03. The molecule has 0 aliphatic carbocycles. The van der Waals surface area contributed by atoms with Crippen LogP contribution in [-0.4, -0.2) is 25.9 Å². The molecule has 0 aromatic heterocycles. The van der Waals surface area contributed by atoms with Gasteiger partial charge in [0.1, 0.15) is 5.75 Å². The van der Waals surface area contributed by atoms with Gasteiger partial charge in [0.2, 0.25) is 0 Å². The lowest BCUT2D eigenvalue weighted by Crippen LogP contribution is -2.37. The fraction of sp³-hybridized carbons (Fsp3) is 0.500. The zero-order valence-electron chi connectivity index (χ0n) is 9.58. The van der Waals surface area contributed by atoms with Crippen LogP contribution >= 0.6 is 0 Å². The highest BCUT2D eigenvalue weighted by Gasteiger charge is 2.23. The predicted molar refractivity (Wildman–Crippen MR) is 61.1 cm³/mol. The van der Waals surface area contributed by atoms with Crippen LogP contribution in [0.15, 0.2) is 24.3 Å². The molecule has 3 heteroatoms. The first-order valence-electron chi connectivity index (χ1n) is 5.10. The summed E-state index contributed by atoms with van der Waals surface area (Å²) in [6.45, 7) is 2.24. The molecule has 3 nitrogen and oxygen atoms in total. The van der Waals surface area contributed by atoms with Crippen LogP contribution in [0.1, 0.15) is 18.9 Å². The average molecular weight is 209 g/mol. The summed E-state index contributed by atoms with van der Waals surface area (Å²) in [7, 11) is 3.56. The highest BCUT2D eigenvalue weighted by Crippen LogP contribution is 2.25. The van der Waals surface area contributed by atoms with Crippen LogP contribution in [0.2, 0.25) is 0 Å². The maximum Gasteiger partial charge on any atom is 0.118 e. The van der Waals surface area contributed by atoms with Crippen molar-refractivity contribution < 1.29 is 9.84 Å². The van der Waals surface area contributed by atoms with E-state index in [1.807, 2.05) is 31.3 Å². The van der Waals surface area contributed by atoms with Gasteiger partial charge < -0.3 is 15.2 Å². The van der Waals surface area contributed by atoms with Crippen molar-refractivity contribution in [1.82, 2.24) is 5.32 Å². The van der Waals surface area contributed by atoms with Gasteiger partial charge in [0.15, 0.2) is 0 Å². The first kappa shape index (κ1) is 12.0. The smallest absolute Gasteiger partial charge is 0.118 e. The van der Waals surface area contributed by atoms with Crippen molar-refractivity contribution in [3.05, 3.63) is 29.8 Å². The molecule has 0 heterocycles. The standard InChI is InChI=1S/C12H19NO2/c1-12(13-2,8-9-14)10-4-6-11(15-3)7-5-10/h4-7,13-14H,8-9H2,1-3H3. The molecule has 15 heavy (non-hydrogen) atoms. The third-order valence-electron chi connectivity index (χ3n) is 2.89. The Bertz CT molecular complexity index is 297. The van der Waals surface area contributed by atoms with Gasteiger partial charge in [-0.1, -0.05) is 12.1 Å². The molecule has 0 saturated heterocycles. The first-order valence-corrected chi connectivity index (χ1v) is 5.10. The van der Waals surface area contributed by atoms with Crippen molar-refractivity contribution >= 4 is 0 Å². The minimum Gasteiger partial charge on any atom is -0.497 e. The lowest BCUT2D eigenvalue weighted by molar-refractivity contribution is 0.228. The molecule has 1 unspecified atom stereocenters. The molecule has 0 amide bonds. The second-order valence-electron chi connectivity index (χ2n) is 3.78. The highest BCUT2D eigenvalue weighted by molar-refractivity contribution is 5.31. The van der Waals surface area contributed by atoms with E-state index in [0.29, 0.717) is 6.42 Å². The van der Waals surface area contributed by atoms with Gasteiger partial charge >= 0.3 is 0 Å². The van der Waals surface area contributed by atoms with E-state index in [2.05, 4.69) is 12.2 Å². The summed E-state index contributed by atoms with van der Waals surface area (Å²) in [6.07, 6.45) is 0.690. The van der Waals surface area contributed by atoms with E-state index < -0.39 is 0 Å². The highest BCUT2D eigenvalue weighted by atomic mass is 16.5. The van der Waals surface area contributed by atoms with E-state index in [4.69, 9.17) is 9.84 Å². The number of rotatable bonds is 5. The van der Waals surface area contributed by atoms with Gasteiger partial charge in [-0.05, 0) is 38.1 Å². The van der Waals surface area contributed by atoms with Gasteiger partial charge in [0.25, 0.3) is 0 Å². The second kappa shape index (κ2) is 5.14. The number of hydrogen-bond acceptors (Lipinski definition) is 3. The van der Waals surface area contributed by atoms with Gasteiger partial charge in [-0.2, -0.15) is 0 Å². The summed E-state index contributed by atoms with van der Waals surface area (Å²) >= 11 is 0. The maximum atomic E-state index is 9.03. The zero-order chi connectivity index (χ0) is 11.3. The summed E-state index contributed by atoms with van der Waals surface area (Å²) in [5.41, 5.74) is 0.973. The number of methoxy groups -OCH3 is 1. The Morgan fingerprint density at radius 3 is 2.33 bits per heavy atom. The number of aliphatic hydroxyl groups is 1. The van der Waals surface area contributed by atoms with Crippen LogP contribution in [0, 0.1) is 0 Å². The van der Waals surface area contributed by atoms with E-state index in [1.54, 1.807) is 7.11 Å². The van der Waals surface area contributed by atoms with E-state index in [1.165, 1.54) is 0 Å². The lowest BCUT2D eigenvalue weighted by Gasteiger charge is -2.29. The Hall–Kier alpha value is -1.06. The molecule has 1 atom stereocenters. The van der Waals surface area contributed by atoms with E-state index in [0.717, 1.165) is 11.3 Å². The Balaban J connectivity index is 2.92. The Labute approximate surface area is 91.1 Å². The lowest BCUT2D eigenvalue weighted by atomic mass is 9.89. The summed E-state index contributed by atoms with van der Waals surface area (Å²) in [5.74, 6) is 0.848. The van der Waals surface area contributed by atoms with E-state index >= 15 is 0 Å². The number of hydrogen-bond donors (Lipinski definition) is 2. The first-order chi connectivity index (χ1) is 7.16. The van der Waals surface area contributed by atoms with E-state index in [9.17, 15) is 0 Å². The second-order valence-corrected chi connectivity index (χ2v) is 3.78. The quantitative estimate of drug-likeness (QED) is 0.772. The zero-order valence-corrected chi connectivity index (χ0v) is 9.58. The molecule has 0 saturated carbocycles. The van der Waals surface area contributed by atoms with Crippen LogP contribution in [0.25, 0.3) is 0 Å². The van der Waals surface area contributed by atoms with Crippen molar-refractivity contribution in [2.24, 2.45) is 0 Å². The topological polar surface area (TPSA) is 41.5 Å². The minimum atomic E-state index is -0.180. The Kier molecular flexibility index (Phi) is 4.12. The van der Waals surface area contributed by atoms with Crippen molar-refractivity contribution in [2.45, 2.75) is 18.9 Å². The molecule has 2 N–H and O–H groups in total.